The van der Waals surface area contributed by atoms with E-state index in [1.807, 2.05) is 0 Å². The third kappa shape index (κ3) is 3.08. The van der Waals surface area contributed by atoms with Crippen molar-refractivity contribution >= 4 is 11.7 Å². The molecule has 1 aliphatic carbocycles. The number of anilines is 1. The summed E-state index contributed by atoms with van der Waals surface area (Å²) in [6, 6.07) is 3.87. The Balaban J connectivity index is 1.59. The third-order valence-corrected chi connectivity index (χ3v) is 4.60. The largest absolute Gasteiger partial charge is 0.479 e. The first-order valence-electron chi connectivity index (χ1n) is 8.53. The third-order valence-electron chi connectivity index (χ3n) is 4.60. The molecule has 1 aliphatic rings. The summed E-state index contributed by atoms with van der Waals surface area (Å²) in [5.74, 6) is -2.60. The molecule has 1 fully saturated rings. The maximum Gasteiger partial charge on any atom is 0.268 e. The first kappa shape index (κ1) is 18.0. The molecule has 11 heteroatoms. The van der Waals surface area contributed by atoms with Crippen LogP contribution in [-0.2, 0) is 7.05 Å². The number of aromatic nitrogens is 6. The monoisotopic (exact) mass is 389 g/mol. The van der Waals surface area contributed by atoms with Crippen molar-refractivity contribution in [2.75, 3.05) is 12.4 Å². The first-order valence-corrected chi connectivity index (χ1v) is 8.53. The first-order chi connectivity index (χ1) is 13.4. The summed E-state index contributed by atoms with van der Waals surface area (Å²) in [5.41, 5.74) is 0.575. The van der Waals surface area contributed by atoms with Gasteiger partial charge in [0.1, 0.15) is 29.4 Å². The number of hydrogen-bond donors (Lipinski definition) is 1. The minimum atomic E-state index is -2.79. The molecule has 0 radical (unpaired) electrons. The fourth-order valence-electron chi connectivity index (χ4n) is 3.08. The number of methoxy groups -OCH3 is 1. The van der Waals surface area contributed by atoms with E-state index in [0.29, 0.717) is 12.1 Å². The Kier molecular flexibility index (Phi) is 4.28. The smallest absolute Gasteiger partial charge is 0.268 e. The second kappa shape index (κ2) is 6.66. The van der Waals surface area contributed by atoms with Gasteiger partial charge in [-0.25, -0.2) is 13.8 Å². The number of pyridine rings is 1. The molecule has 4 rings (SSSR count). The topological polar surface area (TPSA) is 99.8 Å². The summed E-state index contributed by atoms with van der Waals surface area (Å²) in [4.78, 5) is 16.8. The lowest BCUT2D eigenvalue weighted by molar-refractivity contribution is -0.122. The van der Waals surface area contributed by atoms with E-state index in [-0.39, 0.29) is 29.5 Å². The Bertz CT molecular complexity index is 1030. The van der Waals surface area contributed by atoms with Crippen LogP contribution < -0.4 is 10.1 Å². The van der Waals surface area contributed by atoms with Gasteiger partial charge in [0.05, 0.1) is 7.11 Å². The number of carbonyl (C=O) groups is 1. The van der Waals surface area contributed by atoms with E-state index in [9.17, 15) is 13.6 Å². The van der Waals surface area contributed by atoms with Gasteiger partial charge >= 0.3 is 0 Å². The van der Waals surface area contributed by atoms with Crippen LogP contribution in [0.4, 0.5) is 14.6 Å². The van der Waals surface area contributed by atoms with Gasteiger partial charge in [0, 0.05) is 19.7 Å². The fourth-order valence-corrected chi connectivity index (χ4v) is 3.08. The minimum Gasteiger partial charge on any atom is -0.479 e. The van der Waals surface area contributed by atoms with Gasteiger partial charge in [0.15, 0.2) is 5.82 Å². The van der Waals surface area contributed by atoms with Crippen LogP contribution in [0.3, 0.4) is 0 Å². The highest BCUT2D eigenvalue weighted by Crippen LogP contribution is 2.47. The normalized spacial score (nSPS) is 17.8. The van der Waals surface area contributed by atoms with Crippen LogP contribution in [0.15, 0.2) is 30.7 Å². The van der Waals surface area contributed by atoms with Gasteiger partial charge < -0.3 is 14.6 Å². The lowest BCUT2D eigenvalue weighted by atomic mass is 9.87. The van der Waals surface area contributed by atoms with Gasteiger partial charge in [-0.2, -0.15) is 0 Å². The van der Waals surface area contributed by atoms with Gasteiger partial charge in [0.2, 0.25) is 5.88 Å². The van der Waals surface area contributed by atoms with E-state index in [2.05, 4.69) is 25.6 Å². The van der Waals surface area contributed by atoms with Crippen molar-refractivity contribution in [2.24, 2.45) is 7.05 Å². The molecule has 3 aromatic heterocycles. The molecule has 146 valence electrons. The van der Waals surface area contributed by atoms with E-state index < -0.39 is 17.9 Å². The lowest BCUT2D eigenvalue weighted by Gasteiger charge is -2.37. The molecule has 0 bridgehead atoms. The molecule has 3 heterocycles. The summed E-state index contributed by atoms with van der Waals surface area (Å²) in [6.45, 7) is 0. The zero-order valence-corrected chi connectivity index (χ0v) is 15.1. The van der Waals surface area contributed by atoms with Crippen molar-refractivity contribution in [3.05, 3.63) is 36.3 Å². The molecular formula is C17H17F2N7O2. The van der Waals surface area contributed by atoms with E-state index in [4.69, 9.17) is 4.74 Å². The molecule has 1 unspecified atom stereocenters. The van der Waals surface area contributed by atoms with Crippen LogP contribution in [0.25, 0.3) is 11.5 Å². The summed E-state index contributed by atoms with van der Waals surface area (Å²) < 4.78 is 35.5. The summed E-state index contributed by atoms with van der Waals surface area (Å²) in [7, 11) is 3.09. The van der Waals surface area contributed by atoms with Crippen molar-refractivity contribution < 1.29 is 18.3 Å². The van der Waals surface area contributed by atoms with Crippen molar-refractivity contribution in [1.82, 2.24) is 29.5 Å². The molecule has 0 aromatic carbocycles. The van der Waals surface area contributed by atoms with Gasteiger partial charge in [-0.15, -0.1) is 15.3 Å². The summed E-state index contributed by atoms with van der Waals surface area (Å²) >= 11 is 0. The van der Waals surface area contributed by atoms with Crippen LogP contribution >= 0.6 is 0 Å². The molecule has 28 heavy (non-hydrogen) atoms. The van der Waals surface area contributed by atoms with Crippen molar-refractivity contribution in [3.63, 3.8) is 0 Å². The maximum absolute atomic E-state index is 13.8. The van der Waals surface area contributed by atoms with Gasteiger partial charge in [-0.1, -0.05) is 6.07 Å². The molecule has 0 saturated heterocycles. The second-order valence-corrected chi connectivity index (χ2v) is 6.47. The van der Waals surface area contributed by atoms with Crippen LogP contribution in [0.5, 0.6) is 5.88 Å². The Labute approximate surface area is 158 Å². The van der Waals surface area contributed by atoms with E-state index in [0.717, 1.165) is 0 Å². The zero-order chi connectivity index (χ0) is 19.9. The number of carbonyl (C=O) groups excluding carboxylic acids is 1. The predicted molar refractivity (Wildman–Crippen MR) is 94.2 cm³/mol. The van der Waals surface area contributed by atoms with Crippen LogP contribution in [0, 0.1) is 0 Å². The molecule has 1 N–H and O–H groups in total. The number of nitrogens with one attached hydrogen (secondary N) is 1. The van der Waals surface area contributed by atoms with Crippen LogP contribution in [0.2, 0.25) is 0 Å². The van der Waals surface area contributed by atoms with Crippen LogP contribution in [-0.4, -0.2) is 48.5 Å². The van der Waals surface area contributed by atoms with Crippen molar-refractivity contribution in [1.29, 1.82) is 0 Å². The van der Waals surface area contributed by atoms with E-state index in [1.165, 1.54) is 28.9 Å². The van der Waals surface area contributed by atoms with Gasteiger partial charge in [-0.05, 0) is 18.6 Å². The summed E-state index contributed by atoms with van der Waals surface area (Å²) in [6.07, 6.45) is 2.98. The number of halogens is 2. The molecule has 1 amide bonds. The Hall–Kier alpha value is -3.37. The number of nitrogens with zero attached hydrogens (tertiary/aromatic N) is 6. The minimum absolute atomic E-state index is 0.161. The van der Waals surface area contributed by atoms with Gasteiger partial charge in [-0.3, -0.25) is 9.48 Å². The molecule has 9 nitrogen and oxygen atoms in total. The number of rotatable bonds is 5. The Morgan fingerprint density at radius 3 is 2.89 bits per heavy atom. The second-order valence-electron chi connectivity index (χ2n) is 6.47. The Morgan fingerprint density at radius 1 is 1.39 bits per heavy atom. The summed E-state index contributed by atoms with van der Waals surface area (Å²) in [5, 5.41) is 14.4. The SMILES string of the molecule is COc1nn(C)cc1C(=O)Nc1cccc(-c2nncn2C2CCC2(F)F)n1. The molecule has 0 spiro atoms. The molecule has 0 aliphatic heterocycles. The quantitative estimate of drug-likeness (QED) is 0.719. The number of hydrogen-bond acceptors (Lipinski definition) is 6. The fraction of sp³-hybridized carbons (Fsp3) is 0.353. The number of amides is 1. The lowest BCUT2D eigenvalue weighted by Crippen LogP contribution is -2.40. The molecule has 1 atom stereocenters. The van der Waals surface area contributed by atoms with Crippen molar-refractivity contribution in [2.45, 2.75) is 24.8 Å². The predicted octanol–water partition coefficient (Wildman–Crippen LogP) is 2.30. The zero-order valence-electron chi connectivity index (χ0n) is 15.1. The number of ether oxygens (including phenoxy) is 1. The standard InChI is InChI=1S/C17H17F2N7O2/c1-25-8-10(16(24-25)28-2)15(27)22-13-5-3-4-11(21-13)14-23-20-9-26(14)12-6-7-17(12,18)19/h3-5,8-9,12H,6-7H2,1-2H3,(H,21,22,27). The van der Waals surface area contributed by atoms with E-state index in [1.54, 1.807) is 25.2 Å². The van der Waals surface area contributed by atoms with E-state index >= 15 is 0 Å². The highest BCUT2D eigenvalue weighted by molar-refractivity contribution is 6.05. The molecular weight excluding hydrogens is 372 g/mol. The number of alkyl halides is 2. The Morgan fingerprint density at radius 2 is 2.21 bits per heavy atom. The average molecular weight is 389 g/mol. The number of aryl methyl sites for hydroxylation is 1. The highest BCUT2D eigenvalue weighted by Gasteiger charge is 2.50. The van der Waals surface area contributed by atoms with Gasteiger partial charge in [0.25, 0.3) is 11.8 Å². The maximum atomic E-state index is 13.8. The molecule has 1 saturated carbocycles. The highest BCUT2D eigenvalue weighted by atomic mass is 19.3. The molecule has 3 aromatic rings. The van der Waals surface area contributed by atoms with Crippen LogP contribution in [0.1, 0.15) is 29.2 Å². The van der Waals surface area contributed by atoms with Crippen molar-refractivity contribution in [3.8, 4) is 17.4 Å². The average Bonchev–Trinajstić information content (AvgIpc) is 3.27.